The summed E-state index contributed by atoms with van der Waals surface area (Å²) in [5.74, 6) is -0.395. The lowest BCUT2D eigenvalue weighted by atomic mass is 10.0. The summed E-state index contributed by atoms with van der Waals surface area (Å²) in [6.07, 6.45) is -0.897. The molecular formula is C10H11FO. The van der Waals surface area contributed by atoms with Crippen molar-refractivity contribution < 1.29 is 9.50 Å². The summed E-state index contributed by atoms with van der Waals surface area (Å²) in [6.45, 7) is 5.22. The van der Waals surface area contributed by atoms with E-state index in [9.17, 15) is 9.50 Å². The smallest absolute Gasteiger partial charge is 0.129 e. The molecule has 0 fully saturated rings. The van der Waals surface area contributed by atoms with E-state index in [0.717, 1.165) is 0 Å². The molecule has 0 saturated heterocycles. The van der Waals surface area contributed by atoms with E-state index in [2.05, 4.69) is 6.58 Å². The molecule has 64 valence electrons. The second kappa shape index (κ2) is 3.50. The summed E-state index contributed by atoms with van der Waals surface area (Å²) >= 11 is 0. The number of benzene rings is 1. The zero-order valence-corrected chi connectivity index (χ0v) is 6.92. The predicted octanol–water partition coefficient (Wildman–Crippen LogP) is 2.44. The van der Waals surface area contributed by atoms with Crippen LogP contribution in [-0.4, -0.2) is 5.11 Å². The van der Waals surface area contributed by atoms with Gasteiger partial charge in [0.05, 0.1) is 0 Å². The van der Waals surface area contributed by atoms with Gasteiger partial charge >= 0.3 is 0 Å². The van der Waals surface area contributed by atoms with Gasteiger partial charge in [-0.15, -0.1) is 0 Å². The number of halogens is 1. The van der Waals surface area contributed by atoms with Crippen molar-refractivity contribution in [2.45, 2.75) is 13.0 Å². The first-order valence-electron chi connectivity index (χ1n) is 3.71. The van der Waals surface area contributed by atoms with E-state index >= 15 is 0 Å². The van der Waals surface area contributed by atoms with E-state index in [1.807, 2.05) is 0 Å². The Hall–Kier alpha value is -1.15. The molecule has 12 heavy (non-hydrogen) atoms. The Morgan fingerprint density at radius 2 is 2.08 bits per heavy atom. The lowest BCUT2D eigenvalue weighted by molar-refractivity contribution is 0.211. The van der Waals surface area contributed by atoms with Gasteiger partial charge in [0.2, 0.25) is 0 Å². The van der Waals surface area contributed by atoms with E-state index in [1.165, 1.54) is 6.07 Å². The Labute approximate surface area is 71.2 Å². The average Bonchev–Trinajstić information content (AvgIpc) is 2.04. The molecule has 1 atom stereocenters. The second-order valence-corrected chi connectivity index (χ2v) is 2.77. The SMILES string of the molecule is C=C(C)C(O)c1ccccc1F. The highest BCUT2D eigenvalue weighted by Gasteiger charge is 2.11. The van der Waals surface area contributed by atoms with E-state index in [0.29, 0.717) is 5.57 Å². The predicted molar refractivity (Wildman–Crippen MR) is 46.2 cm³/mol. The van der Waals surface area contributed by atoms with Crippen molar-refractivity contribution in [3.05, 3.63) is 47.8 Å². The number of aliphatic hydroxyl groups excluding tert-OH is 1. The van der Waals surface area contributed by atoms with Crippen molar-refractivity contribution >= 4 is 0 Å². The molecule has 0 heterocycles. The highest BCUT2D eigenvalue weighted by Crippen LogP contribution is 2.21. The molecule has 1 aromatic carbocycles. The Morgan fingerprint density at radius 3 is 2.58 bits per heavy atom. The van der Waals surface area contributed by atoms with Crippen molar-refractivity contribution in [3.8, 4) is 0 Å². The average molecular weight is 166 g/mol. The number of hydrogen-bond acceptors (Lipinski definition) is 1. The summed E-state index contributed by atoms with van der Waals surface area (Å²) in [5.41, 5.74) is 0.824. The number of rotatable bonds is 2. The monoisotopic (exact) mass is 166 g/mol. The lowest BCUT2D eigenvalue weighted by Gasteiger charge is -2.10. The number of hydrogen-bond donors (Lipinski definition) is 1. The van der Waals surface area contributed by atoms with Crippen molar-refractivity contribution in [1.29, 1.82) is 0 Å². The van der Waals surface area contributed by atoms with Gasteiger partial charge in [-0.25, -0.2) is 4.39 Å². The molecule has 0 spiro atoms. The van der Waals surface area contributed by atoms with Crippen LogP contribution in [0.25, 0.3) is 0 Å². The van der Waals surface area contributed by atoms with Crippen LogP contribution >= 0.6 is 0 Å². The molecule has 0 aromatic heterocycles. The van der Waals surface area contributed by atoms with Crippen molar-refractivity contribution in [3.63, 3.8) is 0 Å². The van der Waals surface area contributed by atoms with Crippen LogP contribution in [0.5, 0.6) is 0 Å². The summed E-state index contributed by atoms with van der Waals surface area (Å²) in [7, 11) is 0. The van der Waals surface area contributed by atoms with Gasteiger partial charge in [-0.1, -0.05) is 24.8 Å². The van der Waals surface area contributed by atoms with Gasteiger partial charge in [-0.3, -0.25) is 0 Å². The number of aliphatic hydroxyl groups is 1. The standard InChI is InChI=1S/C10H11FO/c1-7(2)10(12)8-5-3-4-6-9(8)11/h3-6,10,12H,1H2,2H3. The summed E-state index contributed by atoms with van der Waals surface area (Å²) in [6, 6.07) is 6.14. The van der Waals surface area contributed by atoms with Crippen LogP contribution in [0.4, 0.5) is 4.39 Å². The van der Waals surface area contributed by atoms with Gasteiger partial charge in [0.25, 0.3) is 0 Å². The maximum absolute atomic E-state index is 13.0. The summed E-state index contributed by atoms with van der Waals surface area (Å²) in [5, 5.41) is 9.44. The molecule has 0 saturated carbocycles. The lowest BCUT2D eigenvalue weighted by Crippen LogP contribution is -2.00. The molecule has 1 rings (SSSR count). The molecule has 0 amide bonds. The third-order valence-corrected chi connectivity index (χ3v) is 1.67. The highest BCUT2D eigenvalue weighted by molar-refractivity contribution is 5.25. The quantitative estimate of drug-likeness (QED) is 0.669. The molecule has 1 N–H and O–H groups in total. The molecule has 1 aromatic rings. The van der Waals surface area contributed by atoms with Gasteiger partial charge in [0, 0.05) is 5.56 Å². The van der Waals surface area contributed by atoms with E-state index in [4.69, 9.17) is 0 Å². The minimum atomic E-state index is -0.897. The minimum absolute atomic E-state index is 0.282. The van der Waals surface area contributed by atoms with Gasteiger partial charge in [0.15, 0.2) is 0 Å². The first kappa shape index (κ1) is 8.94. The first-order valence-corrected chi connectivity index (χ1v) is 3.71. The molecule has 1 unspecified atom stereocenters. The summed E-state index contributed by atoms with van der Waals surface area (Å²) < 4.78 is 13.0. The molecule has 0 radical (unpaired) electrons. The fraction of sp³-hybridized carbons (Fsp3) is 0.200. The van der Waals surface area contributed by atoms with E-state index < -0.39 is 11.9 Å². The Morgan fingerprint density at radius 1 is 1.50 bits per heavy atom. The van der Waals surface area contributed by atoms with Crippen molar-refractivity contribution in [2.75, 3.05) is 0 Å². The molecular weight excluding hydrogens is 155 g/mol. The molecule has 0 bridgehead atoms. The van der Waals surface area contributed by atoms with Crippen molar-refractivity contribution in [1.82, 2.24) is 0 Å². The normalized spacial score (nSPS) is 12.6. The zero-order valence-electron chi connectivity index (χ0n) is 6.92. The first-order chi connectivity index (χ1) is 5.63. The molecule has 1 nitrogen and oxygen atoms in total. The molecule has 0 aliphatic heterocycles. The molecule has 2 heteroatoms. The maximum Gasteiger partial charge on any atom is 0.129 e. The van der Waals surface area contributed by atoms with Gasteiger partial charge < -0.3 is 5.11 Å². The van der Waals surface area contributed by atoms with Gasteiger partial charge in [-0.2, -0.15) is 0 Å². The Kier molecular flexibility index (Phi) is 2.61. The highest BCUT2D eigenvalue weighted by atomic mass is 19.1. The molecule has 0 aliphatic carbocycles. The van der Waals surface area contributed by atoms with Crippen LogP contribution in [0.2, 0.25) is 0 Å². The van der Waals surface area contributed by atoms with Crippen LogP contribution in [-0.2, 0) is 0 Å². The second-order valence-electron chi connectivity index (χ2n) is 2.77. The topological polar surface area (TPSA) is 20.2 Å². The van der Waals surface area contributed by atoms with Crippen LogP contribution in [0.3, 0.4) is 0 Å². The Bertz CT molecular complexity index is 294. The van der Waals surface area contributed by atoms with Crippen LogP contribution in [0, 0.1) is 5.82 Å². The van der Waals surface area contributed by atoms with Crippen LogP contribution < -0.4 is 0 Å². The third-order valence-electron chi connectivity index (χ3n) is 1.67. The third kappa shape index (κ3) is 1.71. The van der Waals surface area contributed by atoms with E-state index in [1.54, 1.807) is 25.1 Å². The van der Waals surface area contributed by atoms with Crippen molar-refractivity contribution in [2.24, 2.45) is 0 Å². The van der Waals surface area contributed by atoms with Gasteiger partial charge in [0.1, 0.15) is 11.9 Å². The van der Waals surface area contributed by atoms with Crippen LogP contribution in [0.15, 0.2) is 36.4 Å². The van der Waals surface area contributed by atoms with E-state index in [-0.39, 0.29) is 5.56 Å². The fourth-order valence-electron chi connectivity index (χ4n) is 0.962. The van der Waals surface area contributed by atoms with Crippen LogP contribution in [0.1, 0.15) is 18.6 Å². The zero-order chi connectivity index (χ0) is 9.14. The molecule has 0 aliphatic rings. The largest absolute Gasteiger partial charge is 0.384 e. The Balaban J connectivity index is 3.02. The maximum atomic E-state index is 13.0. The minimum Gasteiger partial charge on any atom is -0.384 e. The van der Waals surface area contributed by atoms with Gasteiger partial charge in [-0.05, 0) is 18.6 Å². The fourth-order valence-corrected chi connectivity index (χ4v) is 0.962. The summed E-state index contributed by atoms with van der Waals surface area (Å²) in [4.78, 5) is 0.